The monoisotopic (exact) mass is 449 g/mol. The molecule has 4 N–H and O–H groups in total. The molecule has 3 aromatic rings. The fourth-order valence-electron chi connectivity index (χ4n) is 2.66. The zero-order chi connectivity index (χ0) is 20.9. The molecule has 158 valence electrons. The molecule has 9 heteroatoms. The van der Waals surface area contributed by atoms with Crippen molar-refractivity contribution in [3.63, 3.8) is 0 Å². The summed E-state index contributed by atoms with van der Waals surface area (Å²) < 4.78 is 46.6. The van der Waals surface area contributed by atoms with Gasteiger partial charge in [0.15, 0.2) is 0 Å². The van der Waals surface area contributed by atoms with Gasteiger partial charge in [-0.1, -0.05) is 42.5 Å². The number of nitrogen functional groups attached to an aromatic ring is 1. The zero-order valence-electron chi connectivity index (χ0n) is 15.8. The Labute approximate surface area is 180 Å². The Morgan fingerprint density at radius 1 is 1.03 bits per heavy atom. The number of benzene rings is 3. The second-order valence-corrected chi connectivity index (χ2v) is 7.92. The molecule has 0 amide bonds. The van der Waals surface area contributed by atoms with Crippen LogP contribution in [0.15, 0.2) is 77.7 Å². The molecule has 0 aliphatic carbocycles. The maximum Gasteiger partial charge on any atom is 0.264 e. The summed E-state index contributed by atoms with van der Waals surface area (Å²) in [5.41, 5.74) is 7.38. The summed E-state index contributed by atoms with van der Waals surface area (Å²) in [7, 11) is -4.04. The summed E-state index contributed by atoms with van der Waals surface area (Å²) in [5, 5.41) is 7.39. The Hall–Kier alpha value is -3.10. The first kappa shape index (κ1) is 23.2. The third-order valence-corrected chi connectivity index (χ3v) is 5.55. The summed E-state index contributed by atoms with van der Waals surface area (Å²) in [6.45, 7) is 0.378. The van der Waals surface area contributed by atoms with E-state index in [4.69, 9.17) is 15.9 Å². The summed E-state index contributed by atoms with van der Waals surface area (Å²) in [4.78, 5) is -0.416. The van der Waals surface area contributed by atoms with Crippen LogP contribution in [0.4, 0.5) is 10.1 Å². The first-order valence-electron chi connectivity index (χ1n) is 8.79. The van der Waals surface area contributed by atoms with Crippen molar-refractivity contribution in [3.8, 4) is 5.75 Å². The van der Waals surface area contributed by atoms with E-state index in [0.717, 1.165) is 11.6 Å². The van der Waals surface area contributed by atoms with Crippen LogP contribution in [0.3, 0.4) is 0 Å². The SMILES string of the molecule is Cl.N=C(N)c1ccc(CCOc2cccc(NS(=O)(=O)c3ccccc3F)c2)cc1. The van der Waals surface area contributed by atoms with Gasteiger partial charge in [-0.05, 0) is 29.8 Å². The van der Waals surface area contributed by atoms with E-state index in [1.165, 1.54) is 24.3 Å². The van der Waals surface area contributed by atoms with Crippen LogP contribution in [-0.4, -0.2) is 20.9 Å². The predicted octanol–water partition coefficient (Wildman–Crippen LogP) is 3.95. The third-order valence-electron chi connectivity index (χ3n) is 4.14. The molecule has 0 radical (unpaired) electrons. The minimum atomic E-state index is -4.04. The van der Waals surface area contributed by atoms with Crippen molar-refractivity contribution in [2.75, 3.05) is 11.3 Å². The first-order valence-corrected chi connectivity index (χ1v) is 10.3. The van der Waals surface area contributed by atoms with Crippen molar-refractivity contribution in [3.05, 3.63) is 89.7 Å². The molecule has 0 saturated heterocycles. The molecule has 0 fully saturated rings. The number of nitrogens with two attached hydrogens (primary N) is 1. The standard InChI is InChI=1S/C21H20FN3O3S.ClH/c22-19-6-1-2-7-20(19)29(26,27)25-17-4-3-5-18(14-17)28-13-12-15-8-10-16(11-9-15)21(23)24;/h1-11,14,25H,12-13H2,(H3,23,24);1H. The molecule has 30 heavy (non-hydrogen) atoms. The molecule has 0 aromatic heterocycles. The lowest BCUT2D eigenvalue weighted by molar-refractivity contribution is 0.322. The molecule has 0 aliphatic rings. The van der Waals surface area contributed by atoms with Crippen LogP contribution in [0, 0.1) is 11.2 Å². The number of hydrogen-bond acceptors (Lipinski definition) is 4. The highest BCUT2D eigenvalue weighted by Crippen LogP contribution is 2.22. The van der Waals surface area contributed by atoms with Crippen molar-refractivity contribution in [1.29, 1.82) is 5.41 Å². The fraction of sp³-hybridized carbons (Fsp3) is 0.0952. The highest BCUT2D eigenvalue weighted by Gasteiger charge is 2.18. The van der Waals surface area contributed by atoms with Gasteiger partial charge in [-0.3, -0.25) is 10.1 Å². The van der Waals surface area contributed by atoms with Gasteiger partial charge in [0, 0.05) is 18.1 Å². The summed E-state index contributed by atoms with van der Waals surface area (Å²) in [6.07, 6.45) is 0.628. The van der Waals surface area contributed by atoms with E-state index in [0.29, 0.717) is 24.3 Å². The zero-order valence-corrected chi connectivity index (χ0v) is 17.5. The molecule has 3 rings (SSSR count). The van der Waals surface area contributed by atoms with Gasteiger partial charge in [0.2, 0.25) is 0 Å². The Bertz CT molecular complexity index is 1120. The third kappa shape index (κ3) is 5.95. The van der Waals surface area contributed by atoms with Gasteiger partial charge < -0.3 is 10.5 Å². The van der Waals surface area contributed by atoms with Gasteiger partial charge in [-0.15, -0.1) is 12.4 Å². The molecular weight excluding hydrogens is 429 g/mol. The summed E-state index contributed by atoms with van der Waals surface area (Å²) in [5.74, 6) is -0.315. The number of amidine groups is 1. The van der Waals surface area contributed by atoms with E-state index in [2.05, 4.69) is 4.72 Å². The molecule has 3 aromatic carbocycles. The molecule has 0 aliphatic heterocycles. The molecule has 0 atom stereocenters. The topological polar surface area (TPSA) is 105 Å². The Kier molecular flexibility index (Phi) is 7.79. The van der Waals surface area contributed by atoms with Gasteiger partial charge in [0.25, 0.3) is 10.0 Å². The molecule has 0 unspecified atom stereocenters. The van der Waals surface area contributed by atoms with Crippen LogP contribution < -0.4 is 15.2 Å². The van der Waals surface area contributed by atoms with E-state index in [-0.39, 0.29) is 23.9 Å². The average molecular weight is 450 g/mol. The predicted molar refractivity (Wildman–Crippen MR) is 118 cm³/mol. The number of hydrogen-bond donors (Lipinski definition) is 3. The van der Waals surface area contributed by atoms with Crippen molar-refractivity contribution in [1.82, 2.24) is 0 Å². The van der Waals surface area contributed by atoms with Crippen molar-refractivity contribution in [2.45, 2.75) is 11.3 Å². The lowest BCUT2D eigenvalue weighted by Crippen LogP contribution is -2.14. The van der Waals surface area contributed by atoms with Crippen molar-refractivity contribution >= 4 is 34.0 Å². The summed E-state index contributed by atoms with van der Waals surface area (Å²) >= 11 is 0. The van der Waals surface area contributed by atoms with Gasteiger partial charge in [-0.25, -0.2) is 12.8 Å². The second-order valence-electron chi connectivity index (χ2n) is 6.27. The van der Waals surface area contributed by atoms with E-state index in [9.17, 15) is 12.8 Å². The number of sulfonamides is 1. The molecule has 0 bridgehead atoms. The second kappa shape index (κ2) is 10.1. The Balaban J connectivity index is 0.00000320. The minimum absolute atomic E-state index is 0. The largest absolute Gasteiger partial charge is 0.493 e. The lowest BCUT2D eigenvalue weighted by atomic mass is 10.1. The Morgan fingerprint density at radius 3 is 2.40 bits per heavy atom. The smallest absolute Gasteiger partial charge is 0.264 e. The number of anilines is 1. The van der Waals surface area contributed by atoms with Crippen LogP contribution >= 0.6 is 12.4 Å². The highest BCUT2D eigenvalue weighted by atomic mass is 35.5. The van der Waals surface area contributed by atoms with Crippen molar-refractivity contribution in [2.24, 2.45) is 5.73 Å². The molecule has 0 saturated carbocycles. The quantitative estimate of drug-likeness (QED) is 0.357. The van der Waals surface area contributed by atoms with Crippen LogP contribution in [0.25, 0.3) is 0 Å². The number of nitrogens with one attached hydrogen (secondary N) is 2. The molecule has 0 spiro atoms. The van der Waals surface area contributed by atoms with E-state index < -0.39 is 20.7 Å². The maximum atomic E-state index is 13.8. The van der Waals surface area contributed by atoms with Crippen molar-refractivity contribution < 1.29 is 17.5 Å². The molecule has 6 nitrogen and oxygen atoms in total. The summed E-state index contributed by atoms with van der Waals surface area (Å²) in [6, 6.07) is 18.9. The maximum absolute atomic E-state index is 13.8. The minimum Gasteiger partial charge on any atom is -0.493 e. The number of ether oxygens (including phenoxy) is 1. The van der Waals surface area contributed by atoms with Gasteiger partial charge in [-0.2, -0.15) is 0 Å². The van der Waals surface area contributed by atoms with Crippen LogP contribution in [0.2, 0.25) is 0 Å². The van der Waals surface area contributed by atoms with Crippen LogP contribution in [-0.2, 0) is 16.4 Å². The highest BCUT2D eigenvalue weighted by molar-refractivity contribution is 7.92. The Morgan fingerprint density at radius 2 is 1.73 bits per heavy atom. The van der Waals surface area contributed by atoms with Crippen LogP contribution in [0.1, 0.15) is 11.1 Å². The lowest BCUT2D eigenvalue weighted by Gasteiger charge is -2.11. The van der Waals surface area contributed by atoms with Gasteiger partial charge >= 0.3 is 0 Å². The fourth-order valence-corrected chi connectivity index (χ4v) is 3.79. The molecular formula is C21H21ClFN3O3S. The van der Waals surface area contributed by atoms with Crippen LogP contribution in [0.5, 0.6) is 5.75 Å². The number of halogens is 2. The number of rotatable bonds is 8. The first-order chi connectivity index (χ1) is 13.8. The normalized spacial score (nSPS) is 10.7. The van der Waals surface area contributed by atoms with E-state index in [1.807, 2.05) is 12.1 Å². The van der Waals surface area contributed by atoms with E-state index in [1.54, 1.807) is 30.3 Å². The van der Waals surface area contributed by atoms with Gasteiger partial charge in [0.1, 0.15) is 22.3 Å². The van der Waals surface area contributed by atoms with E-state index >= 15 is 0 Å². The van der Waals surface area contributed by atoms with Gasteiger partial charge in [0.05, 0.1) is 12.3 Å². The average Bonchev–Trinajstić information content (AvgIpc) is 2.68. The molecule has 0 heterocycles.